The number of alkyl halides is 3. The van der Waals surface area contributed by atoms with E-state index in [0.29, 0.717) is 5.69 Å². The Hall–Kier alpha value is -2.45. The molecule has 18 heavy (non-hydrogen) atoms. The Balaban J connectivity index is 2.38. The smallest absolute Gasteiger partial charge is 0.292 e. The third-order valence-corrected chi connectivity index (χ3v) is 1.96. The van der Waals surface area contributed by atoms with Crippen LogP contribution in [0.15, 0.2) is 39.5 Å². The van der Waals surface area contributed by atoms with E-state index in [9.17, 15) is 18.0 Å². The lowest BCUT2D eigenvalue weighted by Crippen LogP contribution is -2.06. The van der Waals surface area contributed by atoms with Crippen molar-refractivity contribution in [3.05, 3.63) is 40.6 Å². The third-order valence-electron chi connectivity index (χ3n) is 1.96. The fraction of sp³-hybridized carbons (Fsp3) is 0.111. The molecule has 2 aromatic rings. The van der Waals surface area contributed by atoms with Crippen LogP contribution in [0.25, 0.3) is 0 Å². The lowest BCUT2D eigenvalue weighted by Gasteiger charge is -2.02. The number of aromatic amines is 2. The second-order valence-corrected chi connectivity index (χ2v) is 3.21. The molecule has 0 aromatic carbocycles. The lowest BCUT2D eigenvalue weighted by molar-refractivity contribution is -0.140. The monoisotopic (exact) mass is 257 g/mol. The fourth-order valence-corrected chi connectivity index (χ4v) is 1.17. The number of nitrogens with one attached hydrogen (secondary N) is 2. The largest absolute Gasteiger partial charge is 0.435 e. The second kappa shape index (κ2) is 4.43. The summed E-state index contributed by atoms with van der Waals surface area (Å²) in [5, 5.41) is 10.4. The molecule has 6 nitrogen and oxygen atoms in total. The van der Waals surface area contributed by atoms with Gasteiger partial charge in [0, 0.05) is 12.4 Å². The highest BCUT2D eigenvalue weighted by Crippen LogP contribution is 2.32. The normalized spacial score (nSPS) is 12.2. The molecule has 0 fully saturated rings. The van der Waals surface area contributed by atoms with E-state index >= 15 is 0 Å². The van der Waals surface area contributed by atoms with Crippen LogP contribution in [0.1, 0.15) is 5.69 Å². The van der Waals surface area contributed by atoms with Crippen molar-refractivity contribution < 1.29 is 13.2 Å². The van der Waals surface area contributed by atoms with Crippen LogP contribution >= 0.6 is 0 Å². The Morgan fingerprint density at radius 1 is 1.11 bits per heavy atom. The van der Waals surface area contributed by atoms with E-state index in [1.165, 1.54) is 24.5 Å². The maximum atomic E-state index is 12.5. The second-order valence-electron chi connectivity index (χ2n) is 3.21. The molecule has 0 saturated heterocycles. The fourth-order valence-electron chi connectivity index (χ4n) is 1.17. The molecule has 2 aromatic heterocycles. The van der Waals surface area contributed by atoms with Crippen LogP contribution in [0, 0.1) is 0 Å². The minimum absolute atomic E-state index is 0.290. The van der Waals surface area contributed by atoms with Crippen LogP contribution in [-0.2, 0) is 6.18 Å². The minimum Gasteiger partial charge on any atom is -0.292 e. The average molecular weight is 257 g/mol. The molecule has 2 heterocycles. The van der Waals surface area contributed by atoms with E-state index in [-0.39, 0.29) is 0 Å². The van der Waals surface area contributed by atoms with Crippen molar-refractivity contribution >= 4 is 11.4 Å². The van der Waals surface area contributed by atoms with Gasteiger partial charge in [0.2, 0.25) is 0 Å². The molecule has 0 aliphatic carbocycles. The van der Waals surface area contributed by atoms with Crippen molar-refractivity contribution in [2.75, 3.05) is 0 Å². The number of nitrogens with zero attached hydrogens (tertiary/aromatic N) is 3. The van der Waals surface area contributed by atoms with Gasteiger partial charge in [-0.15, -0.1) is 5.11 Å². The summed E-state index contributed by atoms with van der Waals surface area (Å²) >= 11 is 0. The lowest BCUT2D eigenvalue weighted by atomic mass is 10.3. The number of aromatic nitrogens is 3. The number of rotatable bonds is 2. The number of hydrogen-bond acceptors (Lipinski definition) is 4. The highest BCUT2D eigenvalue weighted by molar-refractivity contribution is 5.42. The van der Waals surface area contributed by atoms with E-state index in [4.69, 9.17) is 0 Å². The molecule has 0 bridgehead atoms. The quantitative estimate of drug-likeness (QED) is 0.810. The van der Waals surface area contributed by atoms with Crippen LogP contribution in [0.3, 0.4) is 0 Å². The van der Waals surface area contributed by atoms with Gasteiger partial charge in [-0.3, -0.25) is 20.0 Å². The van der Waals surface area contributed by atoms with E-state index in [1.54, 1.807) is 5.10 Å². The zero-order valence-corrected chi connectivity index (χ0v) is 8.69. The summed E-state index contributed by atoms with van der Waals surface area (Å²) in [4.78, 5) is 14.9. The maximum absolute atomic E-state index is 12.5. The number of azo groups is 1. The zero-order chi connectivity index (χ0) is 13.2. The van der Waals surface area contributed by atoms with E-state index in [2.05, 4.69) is 15.2 Å². The molecule has 2 rings (SSSR count). The molecule has 0 radical (unpaired) electrons. The number of halogens is 3. The Morgan fingerprint density at radius 3 is 2.39 bits per heavy atom. The summed E-state index contributed by atoms with van der Waals surface area (Å²) in [6.07, 6.45) is -1.90. The van der Waals surface area contributed by atoms with E-state index < -0.39 is 23.1 Å². The Labute approximate surface area is 97.6 Å². The van der Waals surface area contributed by atoms with Gasteiger partial charge in [0.15, 0.2) is 11.4 Å². The highest BCUT2D eigenvalue weighted by atomic mass is 19.4. The maximum Gasteiger partial charge on any atom is 0.435 e. The van der Waals surface area contributed by atoms with E-state index in [1.807, 2.05) is 5.10 Å². The van der Waals surface area contributed by atoms with Gasteiger partial charge in [0.25, 0.3) is 5.56 Å². The first-order chi connectivity index (χ1) is 8.48. The molecular weight excluding hydrogens is 251 g/mol. The molecule has 0 aliphatic rings. The first kappa shape index (κ1) is 12.0. The van der Waals surface area contributed by atoms with E-state index in [0.717, 1.165) is 0 Å². The molecule has 0 spiro atoms. The highest BCUT2D eigenvalue weighted by Gasteiger charge is 2.37. The summed E-state index contributed by atoms with van der Waals surface area (Å²) in [6, 6.07) is 2.88. The predicted octanol–water partition coefficient (Wildman–Crippen LogP) is 2.53. The van der Waals surface area contributed by atoms with Crippen LogP contribution in [-0.4, -0.2) is 15.2 Å². The first-order valence-electron chi connectivity index (χ1n) is 4.68. The average Bonchev–Trinajstić information content (AvgIpc) is 2.69. The van der Waals surface area contributed by atoms with Crippen molar-refractivity contribution in [2.45, 2.75) is 6.18 Å². The van der Waals surface area contributed by atoms with Crippen molar-refractivity contribution in [1.82, 2.24) is 15.2 Å². The molecule has 9 heteroatoms. The van der Waals surface area contributed by atoms with Crippen LogP contribution < -0.4 is 5.56 Å². The summed E-state index contributed by atoms with van der Waals surface area (Å²) in [5.41, 5.74) is -2.76. The zero-order valence-electron chi connectivity index (χ0n) is 8.69. The van der Waals surface area contributed by atoms with Crippen molar-refractivity contribution in [3.8, 4) is 0 Å². The molecule has 0 saturated carbocycles. The molecule has 0 unspecified atom stereocenters. The molecule has 94 valence electrons. The number of H-pyrrole nitrogens is 2. The standard InChI is InChI=1S/C9H6F3N5O/c10-9(11,12)7-6(8(18)17-16-7)15-14-5-1-3-13-4-2-5/h1-4H,(H2,16,17,18). The summed E-state index contributed by atoms with van der Waals surface area (Å²) in [6.45, 7) is 0. The number of hydrogen-bond donors (Lipinski definition) is 2. The minimum atomic E-state index is -4.70. The van der Waals surface area contributed by atoms with Gasteiger partial charge in [-0.25, -0.2) is 0 Å². The van der Waals surface area contributed by atoms with Crippen LogP contribution in [0.5, 0.6) is 0 Å². The molecule has 0 atom stereocenters. The third kappa shape index (κ3) is 2.44. The van der Waals surface area contributed by atoms with Gasteiger partial charge in [-0.1, -0.05) is 0 Å². The number of pyridine rings is 1. The molecular formula is C9H6F3N5O. The van der Waals surface area contributed by atoms with Gasteiger partial charge >= 0.3 is 6.18 Å². The predicted molar refractivity (Wildman–Crippen MR) is 54.8 cm³/mol. The Bertz CT molecular complexity index is 613. The first-order valence-corrected chi connectivity index (χ1v) is 4.68. The van der Waals surface area contributed by atoms with Crippen molar-refractivity contribution in [1.29, 1.82) is 0 Å². The molecule has 0 amide bonds. The van der Waals surface area contributed by atoms with Gasteiger partial charge in [-0.05, 0) is 12.1 Å². The van der Waals surface area contributed by atoms with Crippen LogP contribution in [0.2, 0.25) is 0 Å². The molecule has 0 aliphatic heterocycles. The van der Waals surface area contributed by atoms with Crippen LogP contribution in [0.4, 0.5) is 24.5 Å². The summed E-state index contributed by atoms with van der Waals surface area (Å²) in [5.74, 6) is 0. The Morgan fingerprint density at radius 2 is 1.78 bits per heavy atom. The van der Waals surface area contributed by atoms with Gasteiger partial charge in [0.05, 0.1) is 5.69 Å². The Kier molecular flexibility index (Phi) is 2.96. The SMILES string of the molecule is O=c1[nH][nH]c(C(F)(F)F)c1N=Nc1ccncc1. The van der Waals surface area contributed by atoms with Crippen molar-refractivity contribution in [3.63, 3.8) is 0 Å². The van der Waals surface area contributed by atoms with Gasteiger partial charge in [-0.2, -0.15) is 18.3 Å². The topological polar surface area (TPSA) is 86.3 Å². The van der Waals surface area contributed by atoms with Gasteiger partial charge < -0.3 is 0 Å². The summed E-state index contributed by atoms with van der Waals surface area (Å²) in [7, 11) is 0. The summed E-state index contributed by atoms with van der Waals surface area (Å²) < 4.78 is 37.5. The van der Waals surface area contributed by atoms with Gasteiger partial charge in [0.1, 0.15) is 0 Å². The van der Waals surface area contributed by atoms with Crippen molar-refractivity contribution in [2.24, 2.45) is 10.2 Å². The molecule has 2 N–H and O–H groups in total.